The summed E-state index contributed by atoms with van der Waals surface area (Å²) >= 11 is 7.99. The fourth-order valence-corrected chi connectivity index (χ4v) is 4.43. The Balaban J connectivity index is 1.55. The predicted octanol–water partition coefficient (Wildman–Crippen LogP) is 6.49. The van der Waals surface area contributed by atoms with Gasteiger partial charge in [-0.15, -0.1) is 10.2 Å². The standard InChI is InChI=1S/C22H20ClF3N4O2S2/c1-21(2,3)13-6-4-12(5-7-13)18(32)28-19-29-30-20(34-19)33-11-17(31)27-16-10-14(22(24,25)26)8-9-15(16)23/h4-10H,11H2,1-3H3,(H,27,31)(H,28,29,32). The molecule has 0 saturated heterocycles. The average Bonchev–Trinajstić information content (AvgIpc) is 3.20. The third-order valence-electron chi connectivity index (χ3n) is 4.53. The smallest absolute Gasteiger partial charge is 0.324 e. The lowest BCUT2D eigenvalue weighted by Gasteiger charge is -2.18. The van der Waals surface area contributed by atoms with E-state index in [9.17, 15) is 22.8 Å². The lowest BCUT2D eigenvalue weighted by atomic mass is 9.87. The molecule has 2 N–H and O–H groups in total. The number of benzene rings is 2. The number of hydrogen-bond donors (Lipinski definition) is 2. The number of amides is 2. The first-order chi connectivity index (χ1) is 15.8. The van der Waals surface area contributed by atoms with Gasteiger partial charge in [0.2, 0.25) is 11.0 Å². The van der Waals surface area contributed by atoms with E-state index < -0.39 is 17.6 Å². The number of carbonyl (C=O) groups is 2. The minimum absolute atomic E-state index is 0.0113. The van der Waals surface area contributed by atoms with Gasteiger partial charge in [0.25, 0.3) is 5.91 Å². The molecule has 0 bridgehead atoms. The van der Waals surface area contributed by atoms with Crippen molar-refractivity contribution in [3.63, 3.8) is 0 Å². The number of anilines is 2. The van der Waals surface area contributed by atoms with Gasteiger partial charge in [-0.1, -0.05) is 67.6 Å². The number of alkyl halides is 3. The molecule has 12 heteroatoms. The zero-order valence-corrected chi connectivity index (χ0v) is 20.7. The highest BCUT2D eigenvalue weighted by Crippen LogP contribution is 2.34. The highest BCUT2D eigenvalue weighted by atomic mass is 35.5. The van der Waals surface area contributed by atoms with Crippen molar-refractivity contribution in [1.29, 1.82) is 0 Å². The number of rotatable bonds is 6. The van der Waals surface area contributed by atoms with Gasteiger partial charge in [0, 0.05) is 5.56 Å². The molecule has 0 saturated carbocycles. The van der Waals surface area contributed by atoms with Gasteiger partial charge in [0.05, 0.1) is 22.0 Å². The summed E-state index contributed by atoms with van der Waals surface area (Å²) in [6, 6.07) is 9.94. The van der Waals surface area contributed by atoms with Crippen LogP contribution in [0, 0.1) is 0 Å². The van der Waals surface area contributed by atoms with Crippen LogP contribution in [-0.2, 0) is 16.4 Å². The van der Waals surface area contributed by atoms with Crippen LogP contribution in [-0.4, -0.2) is 27.8 Å². The molecular formula is C22H20ClF3N4O2S2. The number of carbonyl (C=O) groups excluding carboxylic acids is 2. The first-order valence-electron chi connectivity index (χ1n) is 9.88. The molecule has 0 fully saturated rings. The first-order valence-corrected chi connectivity index (χ1v) is 12.1. The Kier molecular flexibility index (Phi) is 7.89. The quantitative estimate of drug-likeness (QED) is 0.282. The molecule has 1 aromatic heterocycles. The molecule has 3 rings (SSSR count). The van der Waals surface area contributed by atoms with Crippen LogP contribution in [0.1, 0.15) is 42.3 Å². The third kappa shape index (κ3) is 6.94. The Hall–Kier alpha value is -2.63. The van der Waals surface area contributed by atoms with Crippen LogP contribution < -0.4 is 10.6 Å². The highest BCUT2D eigenvalue weighted by Gasteiger charge is 2.31. The summed E-state index contributed by atoms with van der Waals surface area (Å²) in [5.41, 5.74) is 0.485. The van der Waals surface area contributed by atoms with E-state index in [-0.39, 0.29) is 32.9 Å². The van der Waals surface area contributed by atoms with Crippen molar-refractivity contribution in [2.24, 2.45) is 0 Å². The minimum Gasteiger partial charge on any atom is -0.324 e. The van der Waals surface area contributed by atoms with E-state index in [1.165, 1.54) is 0 Å². The molecule has 3 aromatic rings. The maximum absolute atomic E-state index is 12.9. The second-order valence-corrected chi connectivity index (χ2v) is 10.8. The molecule has 6 nitrogen and oxygen atoms in total. The van der Waals surface area contributed by atoms with Crippen LogP contribution in [0.15, 0.2) is 46.8 Å². The summed E-state index contributed by atoms with van der Waals surface area (Å²) in [6.07, 6.45) is -4.55. The highest BCUT2D eigenvalue weighted by molar-refractivity contribution is 8.01. The van der Waals surface area contributed by atoms with Crippen LogP contribution in [0.4, 0.5) is 24.0 Å². The van der Waals surface area contributed by atoms with Crippen molar-refractivity contribution in [3.05, 3.63) is 64.2 Å². The Bertz CT molecular complexity index is 1190. The summed E-state index contributed by atoms with van der Waals surface area (Å²) in [4.78, 5) is 24.6. The Morgan fingerprint density at radius 2 is 1.65 bits per heavy atom. The third-order valence-corrected chi connectivity index (χ3v) is 6.84. The summed E-state index contributed by atoms with van der Waals surface area (Å²) in [7, 11) is 0. The molecule has 0 radical (unpaired) electrons. The molecule has 0 unspecified atom stereocenters. The Labute approximate surface area is 207 Å². The summed E-state index contributed by atoms with van der Waals surface area (Å²) in [5, 5.41) is 13.1. The second-order valence-electron chi connectivity index (χ2n) is 8.18. The van der Waals surface area contributed by atoms with E-state index in [2.05, 4.69) is 41.6 Å². The number of nitrogens with zero attached hydrogens (tertiary/aromatic N) is 2. The van der Waals surface area contributed by atoms with Gasteiger partial charge in [-0.05, 0) is 41.3 Å². The van der Waals surface area contributed by atoms with Crippen LogP contribution in [0.25, 0.3) is 0 Å². The number of hydrogen-bond acceptors (Lipinski definition) is 6. The predicted molar refractivity (Wildman–Crippen MR) is 129 cm³/mol. The first kappa shape index (κ1) is 26.0. The van der Waals surface area contributed by atoms with Crippen LogP contribution in [0.2, 0.25) is 5.02 Å². The van der Waals surface area contributed by atoms with Gasteiger partial charge >= 0.3 is 6.18 Å². The molecule has 34 heavy (non-hydrogen) atoms. The maximum Gasteiger partial charge on any atom is 0.416 e. The molecule has 0 spiro atoms. The molecule has 2 aromatic carbocycles. The number of thioether (sulfide) groups is 1. The Morgan fingerprint density at radius 1 is 1.00 bits per heavy atom. The zero-order valence-electron chi connectivity index (χ0n) is 18.3. The molecule has 180 valence electrons. The van der Waals surface area contributed by atoms with E-state index in [1.807, 2.05) is 12.1 Å². The van der Waals surface area contributed by atoms with Crippen molar-refractivity contribution in [3.8, 4) is 0 Å². The van der Waals surface area contributed by atoms with Gasteiger partial charge in [-0.3, -0.25) is 14.9 Å². The lowest BCUT2D eigenvalue weighted by molar-refractivity contribution is -0.137. The lowest BCUT2D eigenvalue weighted by Crippen LogP contribution is -2.15. The van der Waals surface area contributed by atoms with Gasteiger partial charge in [0.15, 0.2) is 4.34 Å². The van der Waals surface area contributed by atoms with Gasteiger partial charge < -0.3 is 5.32 Å². The van der Waals surface area contributed by atoms with E-state index in [0.717, 1.165) is 46.9 Å². The average molecular weight is 529 g/mol. The van der Waals surface area contributed by atoms with Crippen molar-refractivity contribution in [1.82, 2.24) is 10.2 Å². The van der Waals surface area contributed by atoms with Crippen molar-refractivity contribution in [2.75, 3.05) is 16.4 Å². The monoisotopic (exact) mass is 528 g/mol. The van der Waals surface area contributed by atoms with Crippen LogP contribution in [0.5, 0.6) is 0 Å². The van der Waals surface area contributed by atoms with Gasteiger partial charge in [0.1, 0.15) is 0 Å². The van der Waals surface area contributed by atoms with Crippen molar-refractivity contribution >= 4 is 57.3 Å². The van der Waals surface area contributed by atoms with Crippen LogP contribution >= 0.6 is 34.7 Å². The normalized spacial score (nSPS) is 11.9. The fourth-order valence-electron chi connectivity index (χ4n) is 2.72. The number of nitrogens with one attached hydrogen (secondary N) is 2. The van der Waals surface area contributed by atoms with E-state index in [4.69, 9.17) is 11.6 Å². The molecule has 2 amide bonds. The van der Waals surface area contributed by atoms with Gasteiger partial charge in [-0.2, -0.15) is 13.2 Å². The second kappa shape index (κ2) is 10.3. The molecule has 1 heterocycles. The van der Waals surface area contributed by atoms with E-state index >= 15 is 0 Å². The van der Waals surface area contributed by atoms with Crippen molar-refractivity contribution in [2.45, 2.75) is 36.7 Å². The zero-order chi connectivity index (χ0) is 25.1. The van der Waals surface area contributed by atoms with Crippen molar-refractivity contribution < 1.29 is 22.8 Å². The topological polar surface area (TPSA) is 84.0 Å². The van der Waals surface area contributed by atoms with Gasteiger partial charge in [-0.25, -0.2) is 0 Å². The SMILES string of the molecule is CC(C)(C)c1ccc(C(=O)Nc2nnc(SCC(=O)Nc3cc(C(F)(F)F)ccc3Cl)s2)cc1. The minimum atomic E-state index is -4.55. The van der Waals surface area contributed by atoms with E-state index in [1.54, 1.807) is 12.1 Å². The van der Waals surface area contributed by atoms with E-state index in [0.29, 0.717) is 9.90 Å². The van der Waals surface area contributed by atoms with Crippen LogP contribution in [0.3, 0.4) is 0 Å². The molecule has 0 aliphatic rings. The number of halogens is 4. The summed E-state index contributed by atoms with van der Waals surface area (Å²) < 4.78 is 39.0. The summed E-state index contributed by atoms with van der Waals surface area (Å²) in [6.45, 7) is 6.24. The largest absolute Gasteiger partial charge is 0.416 e. The maximum atomic E-state index is 12.9. The fraction of sp³-hybridized carbons (Fsp3) is 0.273. The molecule has 0 aliphatic carbocycles. The molecular weight excluding hydrogens is 509 g/mol. The Morgan fingerprint density at radius 3 is 2.26 bits per heavy atom. The molecule has 0 aliphatic heterocycles. The molecule has 0 atom stereocenters. The number of aromatic nitrogens is 2. The summed E-state index contributed by atoms with van der Waals surface area (Å²) in [5.74, 6) is -1.04.